The number of thiocarbonyl (C=S) groups is 1. The lowest BCUT2D eigenvalue weighted by Crippen LogP contribution is -2.14. The van der Waals surface area contributed by atoms with Crippen molar-refractivity contribution in [2.75, 3.05) is 0 Å². The second kappa shape index (κ2) is 5.27. The standard InChI is InChI=1S/C13H14FN3S/c1-2-3-12-16-6-7-17(12)11-5-4-9(14)8-10(11)13(15)18/h4-8H,2-3H2,1H3,(H2,15,18). The highest BCUT2D eigenvalue weighted by Gasteiger charge is 2.11. The Morgan fingerprint density at radius 3 is 2.94 bits per heavy atom. The average molecular weight is 263 g/mol. The van der Waals surface area contributed by atoms with E-state index < -0.39 is 0 Å². The van der Waals surface area contributed by atoms with Crippen LogP contribution in [-0.2, 0) is 6.42 Å². The number of hydrogen-bond acceptors (Lipinski definition) is 2. The number of imidazole rings is 1. The van der Waals surface area contributed by atoms with E-state index in [0.29, 0.717) is 5.56 Å². The summed E-state index contributed by atoms with van der Waals surface area (Å²) in [6.45, 7) is 2.08. The molecule has 0 atom stereocenters. The van der Waals surface area contributed by atoms with E-state index in [2.05, 4.69) is 11.9 Å². The SMILES string of the molecule is CCCc1nccn1-c1ccc(F)cc1C(N)=S. The molecule has 1 aromatic heterocycles. The minimum Gasteiger partial charge on any atom is -0.389 e. The highest BCUT2D eigenvalue weighted by atomic mass is 32.1. The number of aromatic nitrogens is 2. The second-order valence-electron chi connectivity index (χ2n) is 3.99. The number of nitrogens with two attached hydrogens (primary N) is 1. The van der Waals surface area contributed by atoms with Gasteiger partial charge in [0.1, 0.15) is 16.6 Å². The molecule has 0 saturated heterocycles. The van der Waals surface area contributed by atoms with Crippen molar-refractivity contribution in [3.63, 3.8) is 0 Å². The Hall–Kier alpha value is -1.75. The molecule has 2 aromatic rings. The lowest BCUT2D eigenvalue weighted by atomic mass is 10.1. The maximum absolute atomic E-state index is 13.3. The predicted octanol–water partition coefficient (Wildman–Crippen LogP) is 2.60. The molecule has 3 nitrogen and oxygen atoms in total. The lowest BCUT2D eigenvalue weighted by molar-refractivity contribution is 0.627. The summed E-state index contributed by atoms with van der Waals surface area (Å²) in [5, 5.41) is 0. The minimum atomic E-state index is -0.348. The van der Waals surface area contributed by atoms with Gasteiger partial charge in [-0.3, -0.25) is 0 Å². The third-order valence-corrected chi connectivity index (χ3v) is 2.89. The first kappa shape index (κ1) is 12.7. The molecule has 0 aliphatic carbocycles. The highest BCUT2D eigenvalue weighted by molar-refractivity contribution is 7.80. The average Bonchev–Trinajstić information content (AvgIpc) is 2.77. The fraction of sp³-hybridized carbons (Fsp3) is 0.231. The summed E-state index contributed by atoms with van der Waals surface area (Å²) >= 11 is 4.97. The van der Waals surface area contributed by atoms with Crippen molar-refractivity contribution in [3.05, 3.63) is 47.8 Å². The predicted molar refractivity (Wildman–Crippen MR) is 73.4 cm³/mol. The van der Waals surface area contributed by atoms with Gasteiger partial charge in [-0.25, -0.2) is 9.37 Å². The van der Waals surface area contributed by atoms with Crippen LogP contribution in [-0.4, -0.2) is 14.5 Å². The summed E-state index contributed by atoms with van der Waals surface area (Å²) < 4.78 is 15.2. The molecule has 2 rings (SSSR count). The number of rotatable bonds is 4. The van der Waals surface area contributed by atoms with Gasteiger partial charge in [0, 0.05) is 24.4 Å². The van der Waals surface area contributed by atoms with E-state index in [1.54, 1.807) is 12.3 Å². The third kappa shape index (κ3) is 2.41. The maximum atomic E-state index is 13.3. The summed E-state index contributed by atoms with van der Waals surface area (Å²) in [5.41, 5.74) is 6.94. The molecule has 0 spiro atoms. The summed E-state index contributed by atoms with van der Waals surface area (Å²) in [6.07, 6.45) is 5.39. The van der Waals surface area contributed by atoms with Gasteiger partial charge in [0.05, 0.1) is 5.69 Å². The fourth-order valence-electron chi connectivity index (χ4n) is 1.88. The molecular formula is C13H14FN3S. The van der Waals surface area contributed by atoms with Crippen molar-refractivity contribution >= 4 is 17.2 Å². The van der Waals surface area contributed by atoms with E-state index in [9.17, 15) is 4.39 Å². The van der Waals surface area contributed by atoms with E-state index in [4.69, 9.17) is 18.0 Å². The Labute approximate surface area is 110 Å². The number of nitrogens with zero attached hydrogens (tertiary/aromatic N) is 2. The van der Waals surface area contributed by atoms with Crippen LogP contribution in [0.15, 0.2) is 30.6 Å². The van der Waals surface area contributed by atoms with Gasteiger partial charge < -0.3 is 10.3 Å². The van der Waals surface area contributed by atoms with Gasteiger partial charge in [-0.15, -0.1) is 0 Å². The van der Waals surface area contributed by atoms with Gasteiger partial charge in [0.25, 0.3) is 0 Å². The smallest absolute Gasteiger partial charge is 0.124 e. The molecule has 0 bridgehead atoms. The summed E-state index contributed by atoms with van der Waals surface area (Å²) in [7, 11) is 0. The largest absolute Gasteiger partial charge is 0.389 e. The van der Waals surface area contributed by atoms with E-state index in [0.717, 1.165) is 24.4 Å². The third-order valence-electron chi connectivity index (χ3n) is 2.67. The van der Waals surface area contributed by atoms with Crippen LogP contribution in [0.3, 0.4) is 0 Å². The zero-order chi connectivity index (χ0) is 13.1. The minimum absolute atomic E-state index is 0.181. The van der Waals surface area contributed by atoms with Gasteiger partial charge in [-0.2, -0.15) is 0 Å². The molecule has 5 heteroatoms. The topological polar surface area (TPSA) is 43.8 Å². The number of aryl methyl sites for hydroxylation is 1. The van der Waals surface area contributed by atoms with Crippen LogP contribution in [0.1, 0.15) is 24.7 Å². The van der Waals surface area contributed by atoms with Crippen molar-refractivity contribution in [3.8, 4) is 5.69 Å². The van der Waals surface area contributed by atoms with Crippen LogP contribution in [0.25, 0.3) is 5.69 Å². The summed E-state index contributed by atoms with van der Waals surface area (Å²) in [4.78, 5) is 4.47. The number of benzene rings is 1. The molecule has 0 amide bonds. The van der Waals surface area contributed by atoms with Crippen LogP contribution in [0.4, 0.5) is 4.39 Å². The second-order valence-corrected chi connectivity index (χ2v) is 4.43. The number of halogens is 1. The molecule has 18 heavy (non-hydrogen) atoms. The van der Waals surface area contributed by atoms with Gasteiger partial charge in [-0.1, -0.05) is 19.1 Å². The van der Waals surface area contributed by atoms with Crippen LogP contribution in [0.2, 0.25) is 0 Å². The molecule has 0 aliphatic rings. The first-order valence-corrected chi connectivity index (χ1v) is 6.16. The highest BCUT2D eigenvalue weighted by Crippen LogP contribution is 2.18. The van der Waals surface area contributed by atoms with Gasteiger partial charge in [0.2, 0.25) is 0 Å². The Morgan fingerprint density at radius 2 is 2.28 bits per heavy atom. The molecule has 0 saturated carbocycles. The fourth-order valence-corrected chi connectivity index (χ4v) is 2.04. The Balaban J connectivity index is 2.56. The van der Waals surface area contributed by atoms with Gasteiger partial charge >= 0.3 is 0 Å². The molecule has 1 heterocycles. The van der Waals surface area contributed by atoms with Crippen LogP contribution >= 0.6 is 12.2 Å². The molecule has 1 aromatic carbocycles. The molecular weight excluding hydrogens is 249 g/mol. The molecule has 0 aliphatic heterocycles. The maximum Gasteiger partial charge on any atom is 0.124 e. The summed E-state index contributed by atoms with van der Waals surface area (Å²) in [6, 6.07) is 4.42. The van der Waals surface area contributed by atoms with Crippen molar-refractivity contribution in [2.24, 2.45) is 5.73 Å². The Kier molecular flexibility index (Phi) is 3.72. The zero-order valence-electron chi connectivity index (χ0n) is 10.1. The lowest BCUT2D eigenvalue weighted by Gasteiger charge is -2.12. The van der Waals surface area contributed by atoms with Crippen molar-refractivity contribution in [2.45, 2.75) is 19.8 Å². The Bertz CT molecular complexity index is 577. The normalized spacial score (nSPS) is 10.6. The molecule has 0 unspecified atom stereocenters. The van der Waals surface area contributed by atoms with E-state index >= 15 is 0 Å². The first-order chi connectivity index (χ1) is 8.63. The van der Waals surface area contributed by atoms with Crippen molar-refractivity contribution in [1.82, 2.24) is 9.55 Å². The first-order valence-electron chi connectivity index (χ1n) is 5.75. The Morgan fingerprint density at radius 1 is 1.50 bits per heavy atom. The van der Waals surface area contributed by atoms with Crippen molar-refractivity contribution < 1.29 is 4.39 Å². The molecule has 0 fully saturated rings. The van der Waals surface area contributed by atoms with Crippen LogP contribution in [0, 0.1) is 5.82 Å². The van der Waals surface area contributed by atoms with Crippen molar-refractivity contribution in [1.29, 1.82) is 0 Å². The quantitative estimate of drug-likeness (QED) is 0.862. The van der Waals surface area contributed by atoms with E-state index in [-0.39, 0.29) is 10.8 Å². The molecule has 0 radical (unpaired) electrons. The van der Waals surface area contributed by atoms with Crippen LogP contribution in [0.5, 0.6) is 0 Å². The summed E-state index contributed by atoms with van der Waals surface area (Å²) in [5.74, 6) is 0.570. The van der Waals surface area contributed by atoms with E-state index in [1.807, 2.05) is 10.8 Å². The number of hydrogen-bond donors (Lipinski definition) is 1. The molecule has 94 valence electrons. The zero-order valence-corrected chi connectivity index (χ0v) is 10.9. The van der Waals surface area contributed by atoms with E-state index in [1.165, 1.54) is 12.1 Å². The van der Waals surface area contributed by atoms with Crippen LogP contribution < -0.4 is 5.73 Å². The van der Waals surface area contributed by atoms with Gasteiger partial charge in [0.15, 0.2) is 0 Å². The monoisotopic (exact) mass is 263 g/mol. The molecule has 2 N–H and O–H groups in total. The van der Waals surface area contributed by atoms with Gasteiger partial charge in [-0.05, 0) is 24.6 Å².